The number of nitrogens with zero attached hydrogens (tertiary/aromatic N) is 1. The Morgan fingerprint density at radius 1 is 1.38 bits per heavy atom. The molecule has 110 valence electrons. The molecular formula is C14H14FN3O3. The molecule has 1 aromatic heterocycles. The van der Waals surface area contributed by atoms with Crippen LogP contribution in [-0.4, -0.2) is 23.2 Å². The van der Waals surface area contributed by atoms with Gasteiger partial charge in [0.1, 0.15) is 11.4 Å². The van der Waals surface area contributed by atoms with E-state index in [1.165, 1.54) is 35.2 Å². The van der Waals surface area contributed by atoms with E-state index >= 15 is 0 Å². The normalized spacial score (nSPS) is 10.2. The monoisotopic (exact) mass is 291 g/mol. The topological polar surface area (TPSA) is 86.3 Å². The predicted octanol–water partition coefficient (Wildman–Crippen LogP) is 2.28. The summed E-state index contributed by atoms with van der Waals surface area (Å²) in [7, 11) is 0. The van der Waals surface area contributed by atoms with Gasteiger partial charge < -0.3 is 20.4 Å². The number of amides is 2. The highest BCUT2D eigenvalue weighted by Gasteiger charge is 2.17. The molecule has 0 unspecified atom stereocenters. The van der Waals surface area contributed by atoms with Crippen LogP contribution in [0.1, 0.15) is 17.3 Å². The first-order chi connectivity index (χ1) is 10.0. The summed E-state index contributed by atoms with van der Waals surface area (Å²) in [5.41, 5.74) is 5.90. The molecule has 0 bridgehead atoms. The van der Waals surface area contributed by atoms with Crippen molar-refractivity contribution in [3.05, 3.63) is 48.0 Å². The van der Waals surface area contributed by atoms with Crippen molar-refractivity contribution in [2.24, 2.45) is 5.73 Å². The van der Waals surface area contributed by atoms with Gasteiger partial charge in [0.25, 0.3) is 0 Å². The summed E-state index contributed by atoms with van der Waals surface area (Å²) in [5, 5.41) is 2.34. The van der Waals surface area contributed by atoms with Gasteiger partial charge in [0.15, 0.2) is 0 Å². The molecule has 2 aromatic rings. The Hall–Kier alpha value is -2.83. The summed E-state index contributed by atoms with van der Waals surface area (Å²) >= 11 is 0. The molecule has 2 amide bonds. The molecule has 0 fully saturated rings. The number of carbonyl (C=O) groups excluding carboxylic acids is 2. The van der Waals surface area contributed by atoms with E-state index in [0.717, 1.165) is 0 Å². The van der Waals surface area contributed by atoms with E-state index in [9.17, 15) is 14.0 Å². The summed E-state index contributed by atoms with van der Waals surface area (Å²) in [6.45, 7) is 1.86. The average Bonchev–Trinajstić information content (AvgIpc) is 2.82. The number of primary amides is 1. The third kappa shape index (κ3) is 3.38. The number of rotatable bonds is 4. The van der Waals surface area contributed by atoms with Crippen molar-refractivity contribution in [2.45, 2.75) is 6.92 Å². The lowest BCUT2D eigenvalue weighted by Crippen LogP contribution is -2.20. The van der Waals surface area contributed by atoms with Crippen LogP contribution in [0.2, 0.25) is 0 Å². The Bertz CT molecular complexity index is 682. The Balaban J connectivity index is 2.44. The summed E-state index contributed by atoms with van der Waals surface area (Å²) in [4.78, 5) is 22.8. The van der Waals surface area contributed by atoms with Gasteiger partial charge in [0.05, 0.1) is 12.3 Å². The van der Waals surface area contributed by atoms with E-state index in [1.807, 2.05) is 0 Å². The van der Waals surface area contributed by atoms with Crippen LogP contribution in [0.3, 0.4) is 0 Å². The van der Waals surface area contributed by atoms with Gasteiger partial charge in [-0.25, -0.2) is 14.0 Å². The maximum Gasteiger partial charge on any atom is 0.341 e. The van der Waals surface area contributed by atoms with Crippen LogP contribution in [0.4, 0.5) is 14.9 Å². The average molecular weight is 291 g/mol. The second-order valence-corrected chi connectivity index (χ2v) is 4.18. The zero-order chi connectivity index (χ0) is 15.4. The molecule has 0 saturated carbocycles. The van der Waals surface area contributed by atoms with Crippen molar-refractivity contribution >= 4 is 17.7 Å². The maximum absolute atomic E-state index is 13.3. The minimum absolute atomic E-state index is 0.139. The lowest BCUT2D eigenvalue weighted by molar-refractivity contribution is 0.0527. The highest BCUT2D eigenvalue weighted by molar-refractivity contribution is 6.00. The van der Waals surface area contributed by atoms with E-state index in [1.54, 1.807) is 13.0 Å². The number of halogens is 1. The van der Waals surface area contributed by atoms with E-state index in [0.29, 0.717) is 5.69 Å². The molecule has 6 nitrogen and oxygen atoms in total. The summed E-state index contributed by atoms with van der Waals surface area (Å²) in [6.07, 6.45) is 2.91. The van der Waals surface area contributed by atoms with E-state index in [4.69, 9.17) is 10.5 Å². The molecule has 0 atom stereocenters. The van der Waals surface area contributed by atoms with Crippen molar-refractivity contribution in [1.82, 2.24) is 4.57 Å². The number of carbonyl (C=O) groups is 2. The van der Waals surface area contributed by atoms with Crippen LogP contribution >= 0.6 is 0 Å². The fourth-order valence-electron chi connectivity index (χ4n) is 1.84. The highest BCUT2D eigenvalue weighted by atomic mass is 19.1. The number of anilines is 1. The third-order valence-electron chi connectivity index (χ3n) is 2.69. The van der Waals surface area contributed by atoms with Crippen molar-refractivity contribution in [2.75, 3.05) is 11.9 Å². The van der Waals surface area contributed by atoms with Crippen LogP contribution in [0.15, 0.2) is 36.7 Å². The third-order valence-corrected chi connectivity index (χ3v) is 2.69. The molecule has 0 spiro atoms. The van der Waals surface area contributed by atoms with Crippen LogP contribution < -0.4 is 11.1 Å². The van der Waals surface area contributed by atoms with Gasteiger partial charge in [-0.1, -0.05) is 6.07 Å². The Morgan fingerprint density at radius 3 is 2.76 bits per heavy atom. The van der Waals surface area contributed by atoms with Gasteiger partial charge in [-0.05, 0) is 25.1 Å². The van der Waals surface area contributed by atoms with Crippen molar-refractivity contribution in [3.63, 3.8) is 0 Å². The van der Waals surface area contributed by atoms with E-state index < -0.39 is 17.8 Å². The molecule has 3 N–H and O–H groups in total. The molecule has 0 radical (unpaired) electrons. The first kappa shape index (κ1) is 14.6. The molecule has 0 saturated heterocycles. The fourth-order valence-corrected chi connectivity index (χ4v) is 1.84. The van der Waals surface area contributed by atoms with Gasteiger partial charge in [0, 0.05) is 18.1 Å². The number of benzene rings is 1. The highest BCUT2D eigenvalue weighted by Crippen LogP contribution is 2.22. The Kier molecular flexibility index (Phi) is 4.22. The number of nitrogens with one attached hydrogen (secondary N) is 1. The molecule has 1 aromatic carbocycles. The summed E-state index contributed by atoms with van der Waals surface area (Å²) in [5.74, 6) is -1.01. The maximum atomic E-state index is 13.3. The van der Waals surface area contributed by atoms with Crippen molar-refractivity contribution in [1.29, 1.82) is 0 Å². The van der Waals surface area contributed by atoms with Crippen LogP contribution in [0.25, 0.3) is 5.69 Å². The SMILES string of the molecule is CCOC(=O)c1cn(-c2cccc(F)c2)cc1NC(N)=O. The summed E-state index contributed by atoms with van der Waals surface area (Å²) in [6, 6.07) is 4.99. The molecule has 2 rings (SSSR count). The second-order valence-electron chi connectivity index (χ2n) is 4.18. The summed E-state index contributed by atoms with van der Waals surface area (Å²) < 4.78 is 19.7. The Labute approximate surface area is 120 Å². The van der Waals surface area contributed by atoms with Crippen LogP contribution in [0, 0.1) is 5.82 Å². The van der Waals surface area contributed by atoms with Crippen molar-refractivity contribution < 1.29 is 18.7 Å². The van der Waals surface area contributed by atoms with E-state index in [-0.39, 0.29) is 17.9 Å². The number of nitrogens with two attached hydrogens (primary N) is 1. The first-order valence-electron chi connectivity index (χ1n) is 6.22. The van der Waals surface area contributed by atoms with Gasteiger partial charge in [-0.3, -0.25) is 0 Å². The zero-order valence-electron chi connectivity index (χ0n) is 11.3. The van der Waals surface area contributed by atoms with Gasteiger partial charge in [0.2, 0.25) is 0 Å². The predicted molar refractivity (Wildman–Crippen MR) is 74.9 cm³/mol. The van der Waals surface area contributed by atoms with Crippen LogP contribution in [-0.2, 0) is 4.74 Å². The number of aromatic nitrogens is 1. The van der Waals surface area contributed by atoms with Gasteiger partial charge in [-0.15, -0.1) is 0 Å². The smallest absolute Gasteiger partial charge is 0.341 e. The standard InChI is InChI=1S/C14H14FN3O3/c1-2-21-13(19)11-7-18(8-12(11)17-14(16)20)10-5-3-4-9(15)6-10/h3-8H,2H2,1H3,(H3,16,17,20). The number of urea groups is 1. The first-order valence-corrected chi connectivity index (χ1v) is 6.22. The Morgan fingerprint density at radius 2 is 2.14 bits per heavy atom. The number of hydrogen-bond donors (Lipinski definition) is 2. The molecule has 7 heteroatoms. The minimum Gasteiger partial charge on any atom is -0.462 e. The molecule has 0 aliphatic carbocycles. The van der Waals surface area contributed by atoms with Gasteiger partial charge >= 0.3 is 12.0 Å². The minimum atomic E-state index is -0.808. The molecule has 0 aliphatic rings. The molecule has 21 heavy (non-hydrogen) atoms. The zero-order valence-corrected chi connectivity index (χ0v) is 11.3. The quantitative estimate of drug-likeness (QED) is 0.847. The largest absolute Gasteiger partial charge is 0.462 e. The number of ether oxygens (including phenoxy) is 1. The number of hydrogen-bond acceptors (Lipinski definition) is 3. The molecule has 0 aliphatic heterocycles. The second kappa shape index (κ2) is 6.08. The van der Waals surface area contributed by atoms with Gasteiger partial charge in [-0.2, -0.15) is 0 Å². The van der Waals surface area contributed by atoms with Crippen LogP contribution in [0.5, 0.6) is 0 Å². The number of esters is 1. The molecular weight excluding hydrogens is 277 g/mol. The molecule has 1 heterocycles. The van der Waals surface area contributed by atoms with E-state index in [2.05, 4.69) is 5.32 Å². The lowest BCUT2D eigenvalue weighted by Gasteiger charge is -2.02. The van der Waals surface area contributed by atoms with Crippen molar-refractivity contribution in [3.8, 4) is 5.69 Å². The fraction of sp³-hybridized carbons (Fsp3) is 0.143. The lowest BCUT2D eigenvalue weighted by atomic mass is 10.3.